The van der Waals surface area contributed by atoms with Crippen LogP contribution in [-0.2, 0) is 4.79 Å². The van der Waals surface area contributed by atoms with Gasteiger partial charge >= 0.3 is 0 Å². The van der Waals surface area contributed by atoms with E-state index < -0.39 is 0 Å². The van der Waals surface area contributed by atoms with Crippen molar-refractivity contribution in [2.75, 3.05) is 13.2 Å². The maximum atomic E-state index is 11.3. The Labute approximate surface area is 111 Å². The third-order valence-corrected chi connectivity index (χ3v) is 3.09. The maximum absolute atomic E-state index is 11.3. The first-order valence-electron chi connectivity index (χ1n) is 7.32. The molecule has 4 heteroatoms. The van der Waals surface area contributed by atoms with Crippen molar-refractivity contribution in [3.63, 3.8) is 0 Å². The van der Waals surface area contributed by atoms with Gasteiger partial charge in [0.2, 0.25) is 5.91 Å². The minimum absolute atomic E-state index is 0.0102. The van der Waals surface area contributed by atoms with E-state index in [4.69, 9.17) is 10.3 Å². The Morgan fingerprint density at radius 3 is 1.94 bits per heavy atom. The molecule has 4 nitrogen and oxygen atoms in total. The first kappa shape index (κ1) is 17.4. The summed E-state index contributed by atoms with van der Waals surface area (Å²) in [6.45, 7) is 2.04. The minimum Gasteiger partial charge on any atom is -0.394 e. The number of hydroxylamine groups is 2. The summed E-state index contributed by atoms with van der Waals surface area (Å²) in [7, 11) is 0. The number of carbonyl (C=O) groups excluding carboxylic acids is 1. The number of amides is 1. The Hall–Kier alpha value is -0.610. The molecule has 18 heavy (non-hydrogen) atoms. The van der Waals surface area contributed by atoms with E-state index in [9.17, 15) is 4.79 Å². The molecule has 0 radical (unpaired) electrons. The van der Waals surface area contributed by atoms with Crippen molar-refractivity contribution < 1.29 is 15.1 Å². The van der Waals surface area contributed by atoms with E-state index in [0.717, 1.165) is 12.8 Å². The van der Waals surface area contributed by atoms with Crippen LogP contribution in [0.15, 0.2) is 0 Å². The van der Waals surface area contributed by atoms with Gasteiger partial charge in [-0.1, -0.05) is 58.3 Å². The van der Waals surface area contributed by atoms with Crippen LogP contribution in [0.1, 0.15) is 71.1 Å². The average Bonchev–Trinajstić information content (AvgIpc) is 2.36. The number of rotatable bonds is 12. The molecule has 0 aromatic carbocycles. The maximum Gasteiger partial charge on any atom is 0.245 e. The number of hydrogen-bond acceptors (Lipinski definition) is 3. The van der Waals surface area contributed by atoms with Gasteiger partial charge in [-0.2, -0.15) is 0 Å². The summed E-state index contributed by atoms with van der Waals surface area (Å²) in [6.07, 6.45) is 11.3. The SMILES string of the molecule is CCCCCCCCCCCC(=O)N(O)CCO. The lowest BCUT2D eigenvalue weighted by Gasteiger charge is -2.12. The van der Waals surface area contributed by atoms with E-state index in [1.807, 2.05) is 0 Å². The number of nitrogens with zero attached hydrogens (tertiary/aromatic N) is 1. The van der Waals surface area contributed by atoms with Crippen LogP contribution in [0.4, 0.5) is 0 Å². The van der Waals surface area contributed by atoms with Crippen LogP contribution < -0.4 is 0 Å². The molecule has 0 unspecified atom stereocenters. The van der Waals surface area contributed by atoms with Gasteiger partial charge in [-0.05, 0) is 6.42 Å². The molecule has 0 saturated heterocycles. The van der Waals surface area contributed by atoms with Crippen molar-refractivity contribution in [2.24, 2.45) is 0 Å². The highest BCUT2D eigenvalue weighted by molar-refractivity contribution is 5.74. The number of aliphatic hydroxyl groups excluding tert-OH is 1. The number of hydrogen-bond donors (Lipinski definition) is 2. The molecule has 0 aliphatic carbocycles. The molecule has 0 rings (SSSR count). The molecule has 1 amide bonds. The quantitative estimate of drug-likeness (QED) is 0.321. The summed E-state index contributed by atoms with van der Waals surface area (Å²) >= 11 is 0. The normalized spacial score (nSPS) is 10.6. The largest absolute Gasteiger partial charge is 0.394 e. The first-order chi connectivity index (χ1) is 8.72. The first-order valence-corrected chi connectivity index (χ1v) is 7.32. The predicted molar refractivity (Wildman–Crippen MR) is 72.4 cm³/mol. The molecule has 0 aliphatic heterocycles. The van der Waals surface area contributed by atoms with Gasteiger partial charge < -0.3 is 5.11 Å². The fourth-order valence-electron chi connectivity index (χ4n) is 1.94. The smallest absolute Gasteiger partial charge is 0.245 e. The van der Waals surface area contributed by atoms with E-state index in [2.05, 4.69) is 6.92 Å². The third-order valence-electron chi connectivity index (χ3n) is 3.09. The molecular formula is C14H29NO3. The second-order valence-corrected chi connectivity index (χ2v) is 4.82. The van der Waals surface area contributed by atoms with Crippen molar-refractivity contribution in [3.05, 3.63) is 0 Å². The highest BCUT2D eigenvalue weighted by Crippen LogP contribution is 2.10. The topological polar surface area (TPSA) is 60.8 Å². The van der Waals surface area contributed by atoms with E-state index in [1.54, 1.807) is 0 Å². The Morgan fingerprint density at radius 1 is 0.944 bits per heavy atom. The van der Waals surface area contributed by atoms with Crippen LogP contribution >= 0.6 is 0 Å². The molecule has 0 bridgehead atoms. The molecule has 0 spiro atoms. The van der Waals surface area contributed by atoms with Crippen LogP contribution in [0.25, 0.3) is 0 Å². The molecule has 108 valence electrons. The molecule has 0 heterocycles. The summed E-state index contributed by atoms with van der Waals surface area (Å²) in [5.41, 5.74) is 0. The molecular weight excluding hydrogens is 230 g/mol. The van der Waals surface area contributed by atoms with E-state index in [-0.39, 0.29) is 19.1 Å². The zero-order valence-corrected chi connectivity index (χ0v) is 11.7. The highest BCUT2D eigenvalue weighted by Gasteiger charge is 2.08. The Bertz CT molecular complexity index is 197. The molecule has 0 aliphatic rings. The van der Waals surface area contributed by atoms with Crippen molar-refractivity contribution in [3.8, 4) is 0 Å². The molecule has 0 aromatic rings. The fourth-order valence-corrected chi connectivity index (χ4v) is 1.94. The lowest BCUT2D eigenvalue weighted by Crippen LogP contribution is -2.29. The standard InChI is InChI=1S/C14H29NO3/c1-2-3-4-5-6-7-8-9-10-11-14(17)15(18)12-13-16/h16,18H,2-13H2,1H3. The Kier molecular flexibility index (Phi) is 12.4. The zero-order valence-electron chi connectivity index (χ0n) is 11.7. The third kappa shape index (κ3) is 10.5. The van der Waals surface area contributed by atoms with Crippen molar-refractivity contribution in [2.45, 2.75) is 71.1 Å². The number of aliphatic hydroxyl groups is 1. The van der Waals surface area contributed by atoms with Gasteiger partial charge in [0.15, 0.2) is 0 Å². The molecule has 0 atom stereocenters. The van der Waals surface area contributed by atoms with Gasteiger partial charge in [0.1, 0.15) is 0 Å². The van der Waals surface area contributed by atoms with Crippen molar-refractivity contribution in [1.82, 2.24) is 5.06 Å². The molecule has 0 aromatic heterocycles. The lowest BCUT2D eigenvalue weighted by atomic mass is 10.1. The minimum atomic E-state index is -0.285. The van der Waals surface area contributed by atoms with Gasteiger partial charge in [-0.25, -0.2) is 5.06 Å². The van der Waals surface area contributed by atoms with Crippen LogP contribution in [0.5, 0.6) is 0 Å². The molecule has 2 N–H and O–H groups in total. The van der Waals surface area contributed by atoms with Gasteiger partial charge in [0, 0.05) is 6.42 Å². The number of carbonyl (C=O) groups is 1. The van der Waals surface area contributed by atoms with Crippen LogP contribution in [0.2, 0.25) is 0 Å². The van der Waals surface area contributed by atoms with Gasteiger partial charge in [-0.3, -0.25) is 10.0 Å². The summed E-state index contributed by atoms with van der Waals surface area (Å²) in [5, 5.41) is 18.3. The van der Waals surface area contributed by atoms with E-state index >= 15 is 0 Å². The summed E-state index contributed by atoms with van der Waals surface area (Å²) in [6, 6.07) is 0. The van der Waals surface area contributed by atoms with Crippen LogP contribution in [0.3, 0.4) is 0 Å². The average molecular weight is 259 g/mol. The Balaban J connectivity index is 3.22. The number of unbranched alkanes of at least 4 members (excludes halogenated alkanes) is 8. The van der Waals surface area contributed by atoms with Crippen molar-refractivity contribution in [1.29, 1.82) is 0 Å². The van der Waals surface area contributed by atoms with Gasteiger partial charge in [-0.15, -0.1) is 0 Å². The molecule has 0 fully saturated rings. The van der Waals surface area contributed by atoms with Crippen LogP contribution in [0, 0.1) is 0 Å². The lowest BCUT2D eigenvalue weighted by molar-refractivity contribution is -0.167. The molecule has 0 saturated carbocycles. The second-order valence-electron chi connectivity index (χ2n) is 4.82. The van der Waals surface area contributed by atoms with Gasteiger partial charge in [0.05, 0.1) is 13.2 Å². The summed E-state index contributed by atoms with van der Waals surface area (Å²) in [4.78, 5) is 11.3. The van der Waals surface area contributed by atoms with Gasteiger partial charge in [0.25, 0.3) is 0 Å². The van der Waals surface area contributed by atoms with Crippen LogP contribution in [-0.4, -0.2) is 34.4 Å². The second kappa shape index (κ2) is 12.8. The monoisotopic (exact) mass is 259 g/mol. The Morgan fingerprint density at radius 2 is 1.44 bits per heavy atom. The van der Waals surface area contributed by atoms with E-state index in [0.29, 0.717) is 11.5 Å². The fraction of sp³-hybridized carbons (Fsp3) is 0.929. The highest BCUT2D eigenvalue weighted by atomic mass is 16.5. The predicted octanol–water partition coefficient (Wildman–Crippen LogP) is 3.12. The summed E-state index contributed by atoms with van der Waals surface area (Å²) < 4.78 is 0. The van der Waals surface area contributed by atoms with E-state index in [1.165, 1.54) is 44.9 Å². The summed E-state index contributed by atoms with van der Waals surface area (Å²) in [5.74, 6) is -0.285. The zero-order chi connectivity index (χ0) is 13.6. The van der Waals surface area contributed by atoms with Crippen molar-refractivity contribution >= 4 is 5.91 Å².